The minimum Gasteiger partial charge on any atom is -0.493 e. The van der Waals surface area contributed by atoms with Gasteiger partial charge in [-0.05, 0) is 12.0 Å². The summed E-state index contributed by atoms with van der Waals surface area (Å²) in [6.07, 6.45) is 0.119. The molecule has 9 nitrogen and oxygen atoms in total. The first-order chi connectivity index (χ1) is 16.3. The zero-order chi connectivity index (χ0) is 24.7. The molecule has 1 heterocycles. The topological polar surface area (TPSA) is 113 Å². The lowest BCUT2D eigenvalue weighted by Gasteiger charge is -2.09. The fraction of sp³-hybridized carbons (Fsp3) is 0.348. The molecule has 0 N–H and O–H groups in total. The molecule has 182 valence electrons. The van der Waals surface area contributed by atoms with Crippen molar-refractivity contribution in [1.29, 1.82) is 0 Å². The molecule has 1 aromatic heterocycles. The van der Waals surface area contributed by atoms with Crippen molar-refractivity contribution in [2.75, 3.05) is 27.1 Å². The Balaban J connectivity index is 1.81. The van der Waals surface area contributed by atoms with E-state index in [1.165, 1.54) is 32.7 Å². The normalized spacial score (nSPS) is 12.0. The summed E-state index contributed by atoms with van der Waals surface area (Å²) in [5, 5.41) is 0. The summed E-state index contributed by atoms with van der Waals surface area (Å²) >= 11 is 1.21. The Morgan fingerprint density at radius 3 is 2.35 bits per heavy atom. The number of esters is 1. The molecular formula is C23H26N2O7S2. The van der Waals surface area contributed by atoms with E-state index in [0.717, 1.165) is 4.70 Å². The van der Waals surface area contributed by atoms with Crippen molar-refractivity contribution < 1.29 is 32.2 Å². The second-order valence-corrected chi connectivity index (χ2v) is 10.6. The molecular weight excluding hydrogens is 480 g/mol. The maximum Gasteiger partial charge on any atom is 0.325 e. The summed E-state index contributed by atoms with van der Waals surface area (Å²) in [6, 6.07) is 12.3. The molecule has 11 heteroatoms. The lowest BCUT2D eigenvalue weighted by molar-refractivity contribution is -0.141. The monoisotopic (exact) mass is 506 g/mol. The summed E-state index contributed by atoms with van der Waals surface area (Å²) in [5.41, 5.74) is 1.34. The Bertz CT molecular complexity index is 1340. The van der Waals surface area contributed by atoms with E-state index in [2.05, 4.69) is 4.99 Å². The molecule has 0 radical (unpaired) electrons. The summed E-state index contributed by atoms with van der Waals surface area (Å²) in [4.78, 5) is 29.0. The number of hydrogen-bond acceptors (Lipinski definition) is 8. The fourth-order valence-corrected chi connectivity index (χ4v) is 5.82. The lowest BCUT2D eigenvalue weighted by atomic mass is 10.2. The maximum atomic E-state index is 12.6. The standard InChI is InChI=1S/C23H26N2O7S2/c1-30-18-12-17-20(13-19(18)31-2)33-23(25(17)14-22(27)32-3)24-21(26)10-7-11-34(28,29)15-16-8-5-4-6-9-16/h4-6,8-9,12-13H,7,10-11,14-15H2,1-3H3. The number of carbonyl (C=O) groups excluding carboxylic acids is 2. The number of aromatic nitrogens is 1. The van der Waals surface area contributed by atoms with Crippen molar-refractivity contribution >= 4 is 43.3 Å². The summed E-state index contributed by atoms with van der Waals surface area (Å²) < 4.78 is 42.5. The highest BCUT2D eigenvalue weighted by molar-refractivity contribution is 7.90. The van der Waals surface area contributed by atoms with E-state index >= 15 is 0 Å². The van der Waals surface area contributed by atoms with Gasteiger partial charge in [-0.15, -0.1) is 0 Å². The molecule has 0 saturated carbocycles. The van der Waals surface area contributed by atoms with Crippen molar-refractivity contribution in [3.8, 4) is 11.5 Å². The molecule has 0 aliphatic carbocycles. The molecule has 0 saturated heterocycles. The number of carbonyl (C=O) groups is 2. The molecule has 0 aliphatic rings. The van der Waals surface area contributed by atoms with Crippen LogP contribution in [0, 0.1) is 0 Å². The predicted octanol–water partition coefficient (Wildman–Crippen LogP) is 2.72. The van der Waals surface area contributed by atoms with E-state index in [1.807, 2.05) is 6.07 Å². The van der Waals surface area contributed by atoms with Gasteiger partial charge >= 0.3 is 5.97 Å². The SMILES string of the molecule is COC(=O)Cn1c(=NC(=O)CCCS(=O)(=O)Cc2ccccc2)sc2cc(OC)c(OC)cc21. The first kappa shape index (κ1) is 25.4. The maximum absolute atomic E-state index is 12.6. The van der Waals surface area contributed by atoms with Gasteiger partial charge in [0.2, 0.25) is 5.91 Å². The Labute approximate surface area is 201 Å². The number of nitrogens with zero attached hydrogens (tertiary/aromatic N) is 2. The summed E-state index contributed by atoms with van der Waals surface area (Å²) in [7, 11) is 0.940. The minimum absolute atomic E-state index is 0.0346. The van der Waals surface area contributed by atoms with E-state index in [1.54, 1.807) is 41.0 Å². The average molecular weight is 507 g/mol. The van der Waals surface area contributed by atoms with Crippen LogP contribution in [0.3, 0.4) is 0 Å². The average Bonchev–Trinajstić information content (AvgIpc) is 3.13. The third kappa shape index (κ3) is 6.45. The van der Waals surface area contributed by atoms with Crippen molar-refractivity contribution in [1.82, 2.24) is 4.57 Å². The van der Waals surface area contributed by atoms with E-state index < -0.39 is 21.7 Å². The van der Waals surface area contributed by atoms with Crippen molar-refractivity contribution in [3.05, 3.63) is 52.8 Å². The van der Waals surface area contributed by atoms with Crippen LogP contribution in [-0.2, 0) is 36.5 Å². The van der Waals surface area contributed by atoms with Crippen LogP contribution in [-0.4, -0.2) is 51.9 Å². The van der Waals surface area contributed by atoms with Crippen LogP contribution in [0.1, 0.15) is 18.4 Å². The van der Waals surface area contributed by atoms with Gasteiger partial charge in [-0.1, -0.05) is 41.7 Å². The third-order valence-corrected chi connectivity index (χ3v) is 7.72. The van der Waals surface area contributed by atoms with E-state index in [9.17, 15) is 18.0 Å². The number of ether oxygens (including phenoxy) is 3. The first-order valence-electron chi connectivity index (χ1n) is 10.4. The van der Waals surface area contributed by atoms with Crippen LogP contribution in [0.25, 0.3) is 10.2 Å². The minimum atomic E-state index is -3.35. The van der Waals surface area contributed by atoms with Gasteiger partial charge in [-0.3, -0.25) is 9.59 Å². The van der Waals surface area contributed by atoms with Crippen LogP contribution >= 0.6 is 11.3 Å². The second-order valence-electron chi connectivity index (χ2n) is 7.41. The van der Waals surface area contributed by atoms with Crippen LogP contribution in [0.2, 0.25) is 0 Å². The van der Waals surface area contributed by atoms with Gasteiger partial charge in [0, 0.05) is 18.6 Å². The number of thiazole rings is 1. The van der Waals surface area contributed by atoms with Crippen molar-refractivity contribution in [2.24, 2.45) is 4.99 Å². The zero-order valence-electron chi connectivity index (χ0n) is 19.1. The molecule has 34 heavy (non-hydrogen) atoms. The van der Waals surface area contributed by atoms with Gasteiger partial charge in [0.1, 0.15) is 6.54 Å². The quantitative estimate of drug-likeness (QED) is 0.389. The van der Waals surface area contributed by atoms with Gasteiger partial charge in [0.15, 0.2) is 26.1 Å². The Morgan fingerprint density at radius 1 is 1.03 bits per heavy atom. The Hall–Kier alpha value is -3.18. The first-order valence-corrected chi connectivity index (χ1v) is 13.0. The zero-order valence-corrected chi connectivity index (χ0v) is 20.8. The molecule has 0 unspecified atom stereocenters. The highest BCUT2D eigenvalue weighted by Gasteiger charge is 2.17. The number of fused-ring (bicyclic) bond motifs is 1. The number of amides is 1. The molecule has 0 bridgehead atoms. The summed E-state index contributed by atoms with van der Waals surface area (Å²) in [5.74, 6) is -0.199. The van der Waals surface area contributed by atoms with Crippen molar-refractivity contribution in [2.45, 2.75) is 25.1 Å². The van der Waals surface area contributed by atoms with E-state index in [0.29, 0.717) is 27.4 Å². The number of benzene rings is 2. The molecule has 3 rings (SSSR count). The van der Waals surface area contributed by atoms with Gasteiger partial charge in [-0.25, -0.2) is 8.42 Å². The highest BCUT2D eigenvalue weighted by Crippen LogP contribution is 2.33. The smallest absolute Gasteiger partial charge is 0.325 e. The molecule has 0 fully saturated rings. The van der Waals surface area contributed by atoms with Gasteiger partial charge < -0.3 is 18.8 Å². The van der Waals surface area contributed by atoms with E-state index in [4.69, 9.17) is 14.2 Å². The van der Waals surface area contributed by atoms with Crippen molar-refractivity contribution in [3.63, 3.8) is 0 Å². The molecule has 0 atom stereocenters. The second kappa shape index (κ2) is 11.3. The van der Waals surface area contributed by atoms with Gasteiger partial charge in [-0.2, -0.15) is 4.99 Å². The Morgan fingerprint density at radius 2 is 1.71 bits per heavy atom. The largest absolute Gasteiger partial charge is 0.493 e. The number of hydrogen-bond donors (Lipinski definition) is 0. The molecule has 3 aromatic rings. The molecule has 0 spiro atoms. The van der Waals surface area contributed by atoms with Crippen LogP contribution < -0.4 is 14.3 Å². The highest BCUT2D eigenvalue weighted by atomic mass is 32.2. The number of methoxy groups -OCH3 is 3. The van der Waals surface area contributed by atoms with Crippen LogP contribution in [0.15, 0.2) is 47.5 Å². The molecule has 0 aliphatic heterocycles. The fourth-order valence-electron chi connectivity index (χ4n) is 3.33. The lowest BCUT2D eigenvalue weighted by Crippen LogP contribution is -2.22. The number of rotatable bonds is 10. The number of sulfone groups is 1. The van der Waals surface area contributed by atoms with Gasteiger partial charge in [0.05, 0.1) is 43.1 Å². The van der Waals surface area contributed by atoms with Gasteiger partial charge in [0.25, 0.3) is 0 Å². The molecule has 1 amide bonds. The van der Waals surface area contributed by atoms with Crippen LogP contribution in [0.4, 0.5) is 0 Å². The third-order valence-electron chi connectivity index (χ3n) is 5.00. The summed E-state index contributed by atoms with van der Waals surface area (Å²) in [6.45, 7) is -0.149. The Kier molecular flexibility index (Phi) is 8.46. The van der Waals surface area contributed by atoms with E-state index in [-0.39, 0.29) is 30.9 Å². The molecule has 2 aromatic carbocycles. The predicted molar refractivity (Wildman–Crippen MR) is 129 cm³/mol. The van der Waals surface area contributed by atoms with Crippen LogP contribution in [0.5, 0.6) is 11.5 Å².